The number of hydrogen-bond acceptors (Lipinski definition) is 5. The number of rotatable bonds is 4. The maximum absolute atomic E-state index is 13.5. The van der Waals surface area contributed by atoms with Crippen molar-refractivity contribution in [3.63, 3.8) is 0 Å². The quantitative estimate of drug-likeness (QED) is 0.648. The zero-order chi connectivity index (χ0) is 18.7. The number of hydrogen-bond donors (Lipinski definition) is 1. The fraction of sp³-hybridized carbons (Fsp3) is 0.294. The van der Waals surface area contributed by atoms with Crippen LogP contribution in [0.1, 0.15) is 12.8 Å². The van der Waals surface area contributed by atoms with Crippen LogP contribution in [0.25, 0.3) is 0 Å². The SMILES string of the molecule is O=C(Nc1ccc(Cl)cn1)C1CCN(c2cc(F)ccc2[N+](=O)[O-])CC1. The molecule has 26 heavy (non-hydrogen) atoms. The maximum Gasteiger partial charge on any atom is 0.292 e. The summed E-state index contributed by atoms with van der Waals surface area (Å²) < 4.78 is 13.5. The summed E-state index contributed by atoms with van der Waals surface area (Å²) in [5, 5.41) is 14.4. The van der Waals surface area contributed by atoms with Gasteiger partial charge in [0, 0.05) is 37.3 Å². The second-order valence-electron chi connectivity index (χ2n) is 6.00. The van der Waals surface area contributed by atoms with E-state index in [9.17, 15) is 19.3 Å². The van der Waals surface area contributed by atoms with Crippen LogP contribution < -0.4 is 10.2 Å². The van der Waals surface area contributed by atoms with Crippen LogP contribution >= 0.6 is 11.6 Å². The van der Waals surface area contributed by atoms with Crippen LogP contribution in [0.15, 0.2) is 36.5 Å². The number of pyridine rings is 1. The first kappa shape index (κ1) is 18.1. The van der Waals surface area contributed by atoms with Gasteiger partial charge in [-0.25, -0.2) is 9.37 Å². The minimum atomic E-state index is -0.528. The molecule has 136 valence electrons. The Morgan fingerprint density at radius 2 is 2.04 bits per heavy atom. The molecule has 0 atom stereocenters. The van der Waals surface area contributed by atoms with Crippen molar-refractivity contribution >= 4 is 34.7 Å². The third-order valence-electron chi connectivity index (χ3n) is 4.32. The summed E-state index contributed by atoms with van der Waals surface area (Å²) in [4.78, 5) is 28.7. The highest BCUT2D eigenvalue weighted by Crippen LogP contribution is 2.32. The van der Waals surface area contributed by atoms with E-state index in [0.29, 0.717) is 36.8 Å². The predicted octanol–water partition coefficient (Wildman–Crippen LogP) is 3.64. The number of nitrogens with one attached hydrogen (secondary N) is 1. The molecule has 2 heterocycles. The zero-order valence-corrected chi connectivity index (χ0v) is 14.4. The monoisotopic (exact) mass is 378 g/mol. The number of halogens is 2. The van der Waals surface area contributed by atoms with Gasteiger partial charge in [0.2, 0.25) is 5.91 Å². The number of carbonyl (C=O) groups is 1. The largest absolute Gasteiger partial charge is 0.366 e. The van der Waals surface area contributed by atoms with Crippen LogP contribution in [0.5, 0.6) is 0 Å². The molecule has 1 N–H and O–H groups in total. The molecule has 0 aliphatic carbocycles. The molecule has 2 aromatic rings. The lowest BCUT2D eigenvalue weighted by Gasteiger charge is -2.32. The number of nitrogens with zero attached hydrogens (tertiary/aromatic N) is 3. The molecule has 1 amide bonds. The summed E-state index contributed by atoms with van der Waals surface area (Å²) in [5.74, 6) is -0.508. The topological polar surface area (TPSA) is 88.4 Å². The zero-order valence-electron chi connectivity index (χ0n) is 13.7. The first-order chi connectivity index (χ1) is 12.4. The normalized spacial score (nSPS) is 14.9. The van der Waals surface area contributed by atoms with Crippen LogP contribution in [0.2, 0.25) is 5.02 Å². The van der Waals surface area contributed by atoms with Crippen molar-refractivity contribution in [2.24, 2.45) is 5.92 Å². The molecule has 1 saturated heterocycles. The highest BCUT2D eigenvalue weighted by atomic mass is 35.5. The summed E-state index contributed by atoms with van der Waals surface area (Å²) in [6.07, 6.45) is 2.46. The standard InChI is InChI=1S/C17H16ClFN4O3/c18-12-1-4-16(20-10-12)21-17(24)11-5-7-22(8-6-11)15-9-13(19)2-3-14(15)23(25)26/h1-4,9-11H,5-8H2,(H,20,21,24). The van der Waals surface area contributed by atoms with Crippen molar-refractivity contribution < 1.29 is 14.1 Å². The molecule has 1 aromatic heterocycles. The summed E-state index contributed by atoms with van der Waals surface area (Å²) in [7, 11) is 0. The minimum absolute atomic E-state index is 0.139. The fourth-order valence-corrected chi connectivity index (χ4v) is 3.08. The fourth-order valence-electron chi connectivity index (χ4n) is 2.96. The van der Waals surface area contributed by atoms with Gasteiger partial charge >= 0.3 is 0 Å². The van der Waals surface area contributed by atoms with Crippen molar-refractivity contribution in [3.8, 4) is 0 Å². The van der Waals surface area contributed by atoms with E-state index < -0.39 is 10.7 Å². The van der Waals surface area contributed by atoms with Crippen molar-refractivity contribution in [2.45, 2.75) is 12.8 Å². The molecule has 1 aliphatic rings. The Balaban J connectivity index is 1.64. The Hall–Kier alpha value is -2.74. The molecular weight excluding hydrogens is 363 g/mol. The van der Waals surface area contributed by atoms with Gasteiger partial charge in [-0.2, -0.15) is 0 Å². The van der Waals surface area contributed by atoms with Gasteiger partial charge in [-0.3, -0.25) is 14.9 Å². The lowest BCUT2D eigenvalue weighted by atomic mass is 9.95. The summed E-state index contributed by atoms with van der Waals surface area (Å²) in [5.41, 5.74) is 0.105. The van der Waals surface area contributed by atoms with E-state index in [1.165, 1.54) is 6.20 Å². The van der Waals surface area contributed by atoms with Gasteiger partial charge in [-0.1, -0.05) is 11.6 Å². The highest BCUT2D eigenvalue weighted by molar-refractivity contribution is 6.30. The number of piperidine rings is 1. The van der Waals surface area contributed by atoms with E-state index in [-0.39, 0.29) is 23.2 Å². The Morgan fingerprint density at radius 1 is 1.31 bits per heavy atom. The van der Waals surface area contributed by atoms with E-state index in [0.717, 1.165) is 18.2 Å². The Bertz CT molecular complexity index is 823. The van der Waals surface area contributed by atoms with Crippen molar-refractivity contribution in [2.75, 3.05) is 23.3 Å². The predicted molar refractivity (Wildman–Crippen MR) is 95.9 cm³/mol. The van der Waals surface area contributed by atoms with E-state index in [4.69, 9.17) is 11.6 Å². The number of aromatic nitrogens is 1. The third kappa shape index (κ3) is 4.08. The van der Waals surface area contributed by atoms with Crippen molar-refractivity contribution in [3.05, 3.63) is 57.5 Å². The summed E-state index contributed by atoms with van der Waals surface area (Å²) in [6, 6.07) is 6.65. The molecule has 9 heteroatoms. The van der Waals surface area contributed by atoms with Crippen LogP contribution in [0.3, 0.4) is 0 Å². The van der Waals surface area contributed by atoms with E-state index in [1.54, 1.807) is 17.0 Å². The lowest BCUT2D eigenvalue weighted by molar-refractivity contribution is -0.384. The lowest BCUT2D eigenvalue weighted by Crippen LogP contribution is -2.38. The Kier molecular flexibility index (Phi) is 5.32. The van der Waals surface area contributed by atoms with Gasteiger partial charge in [0.05, 0.1) is 9.95 Å². The van der Waals surface area contributed by atoms with Crippen molar-refractivity contribution in [1.29, 1.82) is 0 Å². The van der Waals surface area contributed by atoms with Crippen LogP contribution in [0, 0.1) is 21.8 Å². The molecule has 1 aliphatic heterocycles. The van der Waals surface area contributed by atoms with Crippen LogP contribution in [0.4, 0.5) is 21.6 Å². The van der Waals surface area contributed by atoms with Gasteiger partial charge in [0.1, 0.15) is 17.3 Å². The number of benzene rings is 1. The molecule has 1 fully saturated rings. The van der Waals surface area contributed by atoms with E-state index in [2.05, 4.69) is 10.3 Å². The third-order valence-corrected chi connectivity index (χ3v) is 4.54. The summed E-state index contributed by atoms with van der Waals surface area (Å²) in [6.45, 7) is 0.854. The number of nitro benzene ring substituents is 1. The molecule has 0 bridgehead atoms. The van der Waals surface area contributed by atoms with Gasteiger partial charge < -0.3 is 10.2 Å². The van der Waals surface area contributed by atoms with Gasteiger partial charge in [0.25, 0.3) is 5.69 Å². The molecule has 0 unspecified atom stereocenters. The molecule has 1 aromatic carbocycles. The second kappa shape index (κ2) is 7.65. The molecule has 0 spiro atoms. The second-order valence-corrected chi connectivity index (χ2v) is 6.44. The number of nitro groups is 1. The number of anilines is 2. The Labute approximate surface area is 153 Å². The first-order valence-electron chi connectivity index (χ1n) is 8.05. The maximum atomic E-state index is 13.5. The number of amides is 1. The highest BCUT2D eigenvalue weighted by Gasteiger charge is 2.28. The van der Waals surface area contributed by atoms with Gasteiger partial charge in [0.15, 0.2) is 0 Å². The molecule has 0 radical (unpaired) electrons. The molecule has 0 saturated carbocycles. The smallest absolute Gasteiger partial charge is 0.292 e. The molecular formula is C17H16ClFN4O3. The van der Waals surface area contributed by atoms with E-state index >= 15 is 0 Å². The minimum Gasteiger partial charge on any atom is -0.366 e. The van der Waals surface area contributed by atoms with Gasteiger partial charge in [-0.15, -0.1) is 0 Å². The summed E-state index contributed by atoms with van der Waals surface area (Å²) >= 11 is 5.76. The van der Waals surface area contributed by atoms with Crippen LogP contribution in [-0.4, -0.2) is 28.9 Å². The van der Waals surface area contributed by atoms with E-state index in [1.807, 2.05) is 0 Å². The molecule has 7 nitrogen and oxygen atoms in total. The average molecular weight is 379 g/mol. The van der Waals surface area contributed by atoms with Gasteiger partial charge in [-0.05, 0) is 31.0 Å². The van der Waals surface area contributed by atoms with Crippen molar-refractivity contribution in [1.82, 2.24) is 4.98 Å². The Morgan fingerprint density at radius 3 is 2.65 bits per heavy atom. The number of carbonyl (C=O) groups excluding carboxylic acids is 1. The van der Waals surface area contributed by atoms with Crippen LogP contribution in [-0.2, 0) is 4.79 Å². The first-order valence-corrected chi connectivity index (χ1v) is 8.43. The average Bonchev–Trinajstić information content (AvgIpc) is 2.63. The molecule has 3 rings (SSSR count).